The van der Waals surface area contributed by atoms with Gasteiger partial charge in [0, 0.05) is 0 Å². The molecule has 23 heavy (non-hydrogen) atoms. The number of rotatable bonds is 4. The molecule has 0 radical (unpaired) electrons. The monoisotopic (exact) mass is 365 g/mol. The van der Waals surface area contributed by atoms with Gasteiger partial charge in [-0.15, -0.1) is 0 Å². The number of sulfonamides is 1. The van der Waals surface area contributed by atoms with Crippen LogP contribution < -0.4 is 9.46 Å². The molecule has 0 heterocycles. The normalized spacial score (nSPS) is 12.2. The van der Waals surface area contributed by atoms with Gasteiger partial charge in [0.05, 0.1) is 15.5 Å². The fourth-order valence-corrected chi connectivity index (χ4v) is 2.64. The molecule has 2 aromatic carbocycles. The van der Waals surface area contributed by atoms with Crippen LogP contribution in [-0.4, -0.2) is 15.5 Å². The van der Waals surface area contributed by atoms with Crippen molar-refractivity contribution in [1.29, 1.82) is 0 Å². The lowest BCUT2D eigenvalue weighted by Crippen LogP contribution is -2.18. The second-order valence-electron chi connectivity index (χ2n) is 4.42. The second kappa shape index (κ2) is 6.38. The van der Waals surface area contributed by atoms with Gasteiger partial charge in [-0.2, -0.15) is 13.2 Å². The highest BCUT2D eigenvalue weighted by atomic mass is 35.5. The average Bonchev–Trinajstić information content (AvgIpc) is 2.49. The molecule has 0 aliphatic carbocycles. The van der Waals surface area contributed by atoms with Gasteiger partial charge in [-0.25, -0.2) is 13.1 Å². The third-order valence-electron chi connectivity index (χ3n) is 2.89. The van der Waals surface area contributed by atoms with Crippen molar-refractivity contribution in [2.24, 2.45) is 0 Å². The van der Waals surface area contributed by atoms with Gasteiger partial charge in [-0.1, -0.05) is 11.6 Å². The van der Waals surface area contributed by atoms with E-state index in [4.69, 9.17) is 16.3 Å². The first-order chi connectivity index (χ1) is 10.6. The molecule has 0 fully saturated rings. The molecule has 0 atom stereocenters. The van der Waals surface area contributed by atoms with E-state index in [0.717, 1.165) is 18.2 Å². The first kappa shape index (κ1) is 17.6. The second-order valence-corrected chi connectivity index (χ2v) is 6.72. The molecule has 2 rings (SSSR count). The SMILES string of the molecule is CNS(=O)(=O)c1ccc(Oc2ccc(C(F)(F)F)cc2Cl)cc1. The number of hydrogen-bond acceptors (Lipinski definition) is 3. The maximum atomic E-state index is 12.6. The molecule has 0 aromatic heterocycles. The molecule has 0 saturated carbocycles. The zero-order chi connectivity index (χ0) is 17.3. The zero-order valence-corrected chi connectivity index (χ0v) is 13.3. The Morgan fingerprint density at radius 3 is 2.17 bits per heavy atom. The van der Waals surface area contributed by atoms with E-state index in [0.29, 0.717) is 0 Å². The number of benzene rings is 2. The summed E-state index contributed by atoms with van der Waals surface area (Å²) in [4.78, 5) is 0.0332. The predicted molar refractivity (Wildman–Crippen MR) is 79.2 cm³/mol. The van der Waals surface area contributed by atoms with Crippen LogP contribution in [0.5, 0.6) is 11.5 Å². The number of nitrogens with one attached hydrogen (secondary N) is 1. The van der Waals surface area contributed by atoms with Crippen molar-refractivity contribution in [3.63, 3.8) is 0 Å². The van der Waals surface area contributed by atoms with Crippen molar-refractivity contribution in [3.8, 4) is 11.5 Å². The van der Waals surface area contributed by atoms with Crippen molar-refractivity contribution in [3.05, 3.63) is 53.1 Å². The molecule has 124 valence electrons. The summed E-state index contributed by atoms with van der Waals surface area (Å²) >= 11 is 5.78. The van der Waals surface area contributed by atoms with E-state index in [-0.39, 0.29) is 21.4 Å². The Bertz CT molecular complexity index is 805. The summed E-state index contributed by atoms with van der Waals surface area (Å²) < 4.78 is 68.3. The molecule has 1 N–H and O–H groups in total. The van der Waals surface area contributed by atoms with E-state index in [9.17, 15) is 21.6 Å². The molecule has 9 heteroatoms. The van der Waals surface area contributed by atoms with E-state index in [1.54, 1.807) is 0 Å². The van der Waals surface area contributed by atoms with Gasteiger partial charge in [0.15, 0.2) is 0 Å². The van der Waals surface area contributed by atoms with Crippen LogP contribution in [0.4, 0.5) is 13.2 Å². The van der Waals surface area contributed by atoms with Crippen molar-refractivity contribution in [2.75, 3.05) is 7.05 Å². The molecule has 0 spiro atoms. The quantitative estimate of drug-likeness (QED) is 0.889. The molecule has 2 aromatic rings. The summed E-state index contributed by atoms with van der Waals surface area (Å²) in [5.41, 5.74) is -0.884. The third-order valence-corrected chi connectivity index (χ3v) is 4.62. The summed E-state index contributed by atoms with van der Waals surface area (Å²) in [5.74, 6) is 0.269. The Morgan fingerprint density at radius 1 is 1.09 bits per heavy atom. The van der Waals surface area contributed by atoms with Gasteiger partial charge in [-0.3, -0.25) is 0 Å². The van der Waals surface area contributed by atoms with Crippen LogP contribution in [0, 0.1) is 0 Å². The van der Waals surface area contributed by atoms with E-state index >= 15 is 0 Å². The molecule has 0 amide bonds. The minimum absolute atomic E-state index is 0.0314. The van der Waals surface area contributed by atoms with E-state index in [1.807, 2.05) is 0 Å². The first-order valence-corrected chi connectivity index (χ1v) is 8.08. The highest BCUT2D eigenvalue weighted by molar-refractivity contribution is 7.89. The standard InChI is InChI=1S/C14H11ClF3NO3S/c1-19-23(20,21)11-5-3-10(4-6-11)22-13-7-2-9(8-12(13)15)14(16,17)18/h2-8,19H,1H3. The molecule has 0 aliphatic heterocycles. The smallest absolute Gasteiger partial charge is 0.416 e. The van der Waals surface area contributed by atoms with Crippen LogP contribution in [0.3, 0.4) is 0 Å². The molecular formula is C14H11ClF3NO3S. The Kier molecular flexibility index (Phi) is 4.88. The number of alkyl halides is 3. The van der Waals surface area contributed by atoms with Gasteiger partial charge < -0.3 is 4.74 Å². The topological polar surface area (TPSA) is 55.4 Å². The minimum atomic E-state index is -4.49. The van der Waals surface area contributed by atoms with Crippen LogP contribution in [-0.2, 0) is 16.2 Å². The summed E-state index contributed by atoms with van der Waals surface area (Å²) in [6.07, 6.45) is -4.49. The van der Waals surface area contributed by atoms with Crippen molar-refractivity contribution in [2.45, 2.75) is 11.1 Å². The maximum Gasteiger partial charge on any atom is 0.416 e. The Balaban J connectivity index is 2.23. The van der Waals surface area contributed by atoms with Crippen molar-refractivity contribution < 1.29 is 26.3 Å². The predicted octanol–water partition coefficient (Wildman–Crippen LogP) is 4.06. The largest absolute Gasteiger partial charge is 0.456 e. The molecular weight excluding hydrogens is 355 g/mol. The first-order valence-electron chi connectivity index (χ1n) is 6.22. The molecule has 0 aliphatic rings. The van der Waals surface area contributed by atoms with Crippen LogP contribution in [0.25, 0.3) is 0 Å². The van der Waals surface area contributed by atoms with Crippen molar-refractivity contribution in [1.82, 2.24) is 4.72 Å². The van der Waals surface area contributed by atoms with Crippen LogP contribution in [0.1, 0.15) is 5.56 Å². The lowest BCUT2D eigenvalue weighted by atomic mass is 10.2. The number of halogens is 4. The van der Waals surface area contributed by atoms with Crippen LogP contribution >= 0.6 is 11.6 Å². The lowest BCUT2D eigenvalue weighted by molar-refractivity contribution is -0.137. The molecule has 0 saturated heterocycles. The summed E-state index contributed by atoms with van der Waals surface area (Å²) in [7, 11) is -2.30. The fourth-order valence-electron chi connectivity index (χ4n) is 1.69. The van der Waals surface area contributed by atoms with E-state index in [1.165, 1.54) is 31.3 Å². The highest BCUT2D eigenvalue weighted by Gasteiger charge is 2.31. The summed E-state index contributed by atoms with van der Waals surface area (Å²) in [5, 5.41) is -0.202. The van der Waals surface area contributed by atoms with Crippen molar-refractivity contribution >= 4 is 21.6 Å². The Labute approximate surface area is 135 Å². The Hall–Kier alpha value is -1.77. The van der Waals surface area contributed by atoms with Gasteiger partial charge in [-0.05, 0) is 49.5 Å². The van der Waals surface area contributed by atoms with Gasteiger partial charge in [0.1, 0.15) is 11.5 Å². The molecule has 0 unspecified atom stereocenters. The average molecular weight is 366 g/mol. The summed E-state index contributed by atoms with van der Waals surface area (Å²) in [6, 6.07) is 8.07. The maximum absolute atomic E-state index is 12.6. The Morgan fingerprint density at radius 2 is 1.70 bits per heavy atom. The number of hydrogen-bond donors (Lipinski definition) is 1. The minimum Gasteiger partial charge on any atom is -0.456 e. The van der Waals surface area contributed by atoms with Crippen LogP contribution in [0.15, 0.2) is 47.4 Å². The van der Waals surface area contributed by atoms with Gasteiger partial charge in [0.25, 0.3) is 0 Å². The molecule has 0 bridgehead atoms. The zero-order valence-electron chi connectivity index (χ0n) is 11.7. The van der Waals surface area contributed by atoms with E-state index < -0.39 is 21.8 Å². The van der Waals surface area contributed by atoms with Crippen LogP contribution in [0.2, 0.25) is 5.02 Å². The summed E-state index contributed by atoms with van der Waals surface area (Å²) in [6.45, 7) is 0. The number of ether oxygens (including phenoxy) is 1. The van der Waals surface area contributed by atoms with Gasteiger partial charge >= 0.3 is 6.18 Å². The van der Waals surface area contributed by atoms with Gasteiger partial charge in [0.2, 0.25) is 10.0 Å². The lowest BCUT2D eigenvalue weighted by Gasteiger charge is -2.11. The molecule has 4 nitrogen and oxygen atoms in total. The highest BCUT2D eigenvalue weighted by Crippen LogP contribution is 2.36. The van der Waals surface area contributed by atoms with E-state index in [2.05, 4.69) is 4.72 Å². The third kappa shape index (κ3) is 4.15. The fraction of sp³-hybridized carbons (Fsp3) is 0.143.